The minimum Gasteiger partial charge on any atom is -1.00 e. The molecule has 0 amide bonds. The summed E-state index contributed by atoms with van der Waals surface area (Å²) in [5, 5.41) is 0. The third-order valence-electron chi connectivity index (χ3n) is 6.94. The Morgan fingerprint density at radius 3 is 1.23 bits per heavy atom. The van der Waals surface area contributed by atoms with Crippen LogP contribution in [0.25, 0.3) is 0 Å². The maximum atomic E-state index is 2.52. The van der Waals surface area contributed by atoms with Crippen LogP contribution in [-0.4, -0.2) is 0 Å². The van der Waals surface area contributed by atoms with Crippen LogP contribution < -0.4 is 24.8 Å². The van der Waals surface area contributed by atoms with Crippen molar-refractivity contribution in [2.75, 3.05) is 0 Å². The summed E-state index contributed by atoms with van der Waals surface area (Å²) in [4.78, 5) is 0. The number of fused-ring (bicyclic) bond motifs is 2. The van der Waals surface area contributed by atoms with Gasteiger partial charge < -0.3 is 24.8 Å². The largest absolute Gasteiger partial charge is 1.00 e. The molecule has 0 nitrogen and oxygen atoms in total. The first-order valence-electron chi connectivity index (χ1n) is 10.5. The zero-order valence-corrected chi connectivity index (χ0v) is 21.3. The van der Waals surface area contributed by atoms with Gasteiger partial charge in [-0.2, -0.15) is 0 Å². The van der Waals surface area contributed by atoms with E-state index in [4.69, 9.17) is 0 Å². The van der Waals surface area contributed by atoms with E-state index < -0.39 is 20.3 Å². The summed E-state index contributed by atoms with van der Waals surface area (Å²) < 4.78 is 3.01. The van der Waals surface area contributed by atoms with E-state index in [2.05, 4.69) is 134 Å². The van der Waals surface area contributed by atoms with E-state index in [-0.39, 0.29) is 31.1 Å². The Labute approximate surface area is 203 Å². The Morgan fingerprint density at radius 2 is 0.806 bits per heavy atom. The number of halogens is 2. The van der Waals surface area contributed by atoms with E-state index in [1.807, 2.05) is 0 Å². The van der Waals surface area contributed by atoms with Crippen molar-refractivity contribution in [1.29, 1.82) is 0 Å². The standard InChI is InChI=1S/2C13H11.C2H4.2ClH.Zr/c2*1-2-4-6-9-13-11-7-10-12(13)8-5-3-1;1-2;;;/h2*1-11H;1-2H2;2*1H;/q;;;;;+2/p-2/b2*3-1-,4-2-,8-5+,9-6+;;;;. The SMILES string of the molecule is C1=C[C]2([Zr+2]3([C]45C=CC=C4/C=C/C=C\C=C/C=C/5)[CH2][CH2]3)/C=C/C=C\C=C/C=C/C2=C1.[Cl-].[Cl-]. The predicted molar refractivity (Wildman–Crippen MR) is 123 cm³/mol. The third kappa shape index (κ3) is 3.86. The van der Waals surface area contributed by atoms with Crippen molar-refractivity contribution in [3.63, 3.8) is 0 Å². The molecule has 1 saturated heterocycles. The van der Waals surface area contributed by atoms with Crippen molar-refractivity contribution in [3.8, 4) is 0 Å². The molecule has 0 aromatic carbocycles. The van der Waals surface area contributed by atoms with Crippen LogP contribution in [0.3, 0.4) is 0 Å². The first-order valence-corrected chi connectivity index (χ1v) is 16.5. The van der Waals surface area contributed by atoms with Crippen LogP contribution in [0.15, 0.2) is 145 Å². The molecule has 0 N–H and O–H groups in total. The summed E-state index contributed by atoms with van der Waals surface area (Å²) in [6.07, 6.45) is 50.1. The summed E-state index contributed by atoms with van der Waals surface area (Å²) in [6.45, 7) is 0. The Hall–Kier alpha value is -1.66. The van der Waals surface area contributed by atoms with Crippen LogP contribution in [0.2, 0.25) is 14.5 Å². The Bertz CT molecular complexity index is 982. The van der Waals surface area contributed by atoms with Gasteiger partial charge in [0.1, 0.15) is 0 Å². The molecule has 0 aromatic rings. The van der Waals surface area contributed by atoms with Gasteiger partial charge in [0.2, 0.25) is 0 Å². The van der Waals surface area contributed by atoms with Gasteiger partial charge in [-0.1, -0.05) is 0 Å². The van der Waals surface area contributed by atoms with Crippen LogP contribution in [0.5, 0.6) is 0 Å². The molecule has 0 bridgehead atoms. The first-order chi connectivity index (χ1) is 14.3. The smallest absolute Gasteiger partial charge is 1.00 e. The molecule has 0 aromatic heterocycles. The molecule has 0 spiro atoms. The van der Waals surface area contributed by atoms with E-state index in [1.165, 1.54) is 19.4 Å². The molecule has 31 heavy (non-hydrogen) atoms. The molecule has 0 radical (unpaired) electrons. The van der Waals surface area contributed by atoms with E-state index in [0.29, 0.717) is 0 Å². The van der Waals surface area contributed by atoms with Crippen molar-refractivity contribution in [3.05, 3.63) is 145 Å². The van der Waals surface area contributed by atoms with Crippen LogP contribution in [0.4, 0.5) is 0 Å². The zero-order chi connectivity index (χ0) is 19.6. The van der Waals surface area contributed by atoms with Crippen LogP contribution >= 0.6 is 0 Å². The second-order valence-electron chi connectivity index (χ2n) is 8.26. The van der Waals surface area contributed by atoms with Gasteiger partial charge in [0.25, 0.3) is 0 Å². The van der Waals surface area contributed by atoms with Crippen LogP contribution in [0, 0.1) is 0 Å². The summed E-state index contributed by atoms with van der Waals surface area (Å²) in [5.41, 5.74) is 2.95. The minimum atomic E-state index is -2.83. The maximum absolute atomic E-state index is 2.83. The number of allylic oxidation sites excluding steroid dienone is 24. The van der Waals surface area contributed by atoms with Crippen LogP contribution in [-0.2, 0) is 20.3 Å². The Kier molecular flexibility index (Phi) is 7.64. The molecule has 1 fully saturated rings. The molecule has 3 heteroatoms. The topological polar surface area (TPSA) is 0 Å². The van der Waals surface area contributed by atoms with E-state index in [1.54, 1.807) is 0 Å². The van der Waals surface area contributed by atoms with Gasteiger partial charge in [-0.15, -0.1) is 0 Å². The molecule has 5 aliphatic rings. The number of hydrogen-bond acceptors (Lipinski definition) is 0. The molecule has 5 rings (SSSR count). The fourth-order valence-electron chi connectivity index (χ4n) is 5.50. The van der Waals surface area contributed by atoms with Gasteiger partial charge in [-0.25, -0.2) is 0 Å². The average Bonchev–Trinajstić information content (AvgIpc) is 3.30. The maximum Gasteiger partial charge on any atom is -1.00 e. The molecular formula is C28H26Cl2Zr. The third-order valence-corrected chi connectivity index (χ3v) is 21.5. The summed E-state index contributed by atoms with van der Waals surface area (Å²) in [7, 11) is 0. The van der Waals surface area contributed by atoms with E-state index in [0.717, 1.165) is 0 Å². The van der Waals surface area contributed by atoms with Gasteiger partial charge in [-0.3, -0.25) is 0 Å². The number of hydrogen-bond donors (Lipinski definition) is 0. The van der Waals surface area contributed by atoms with Crippen LogP contribution in [0.1, 0.15) is 0 Å². The van der Waals surface area contributed by atoms with Gasteiger partial charge in [-0.05, 0) is 0 Å². The molecule has 2 unspecified atom stereocenters. The van der Waals surface area contributed by atoms with Gasteiger partial charge >= 0.3 is 180 Å². The summed E-state index contributed by atoms with van der Waals surface area (Å²) in [5.74, 6) is 0. The molecule has 1 heterocycles. The summed E-state index contributed by atoms with van der Waals surface area (Å²) >= 11 is -2.83. The Morgan fingerprint density at radius 1 is 0.452 bits per heavy atom. The van der Waals surface area contributed by atoms with E-state index in [9.17, 15) is 0 Å². The average molecular weight is 525 g/mol. The zero-order valence-electron chi connectivity index (χ0n) is 17.4. The van der Waals surface area contributed by atoms with Gasteiger partial charge in [0.15, 0.2) is 0 Å². The summed E-state index contributed by atoms with van der Waals surface area (Å²) in [6, 6.07) is 0. The predicted octanol–water partition coefficient (Wildman–Crippen LogP) is 1.79. The van der Waals surface area contributed by atoms with Crippen molar-refractivity contribution in [1.82, 2.24) is 0 Å². The van der Waals surface area contributed by atoms with Gasteiger partial charge in [0, 0.05) is 0 Å². The monoisotopic (exact) mass is 522 g/mol. The molecule has 2 atom stereocenters. The first kappa shape index (κ1) is 24.0. The fourth-order valence-corrected chi connectivity index (χ4v) is 23.1. The Balaban J connectivity index is 0.00000136. The van der Waals surface area contributed by atoms with Gasteiger partial charge in [0.05, 0.1) is 0 Å². The molecule has 0 saturated carbocycles. The molecular weight excluding hydrogens is 498 g/mol. The van der Waals surface area contributed by atoms with Crippen molar-refractivity contribution < 1.29 is 45.1 Å². The van der Waals surface area contributed by atoms with E-state index >= 15 is 0 Å². The van der Waals surface area contributed by atoms with Crippen molar-refractivity contribution >= 4 is 0 Å². The minimum absolute atomic E-state index is 0. The molecule has 4 aliphatic carbocycles. The second-order valence-corrected chi connectivity index (χ2v) is 20.1. The normalized spacial score (nSPS) is 37.9. The molecule has 1 aliphatic heterocycles. The number of rotatable bonds is 2. The van der Waals surface area contributed by atoms with Crippen molar-refractivity contribution in [2.24, 2.45) is 0 Å². The molecule has 156 valence electrons. The quantitative estimate of drug-likeness (QED) is 0.517. The second kappa shape index (κ2) is 9.87. The van der Waals surface area contributed by atoms with Crippen molar-refractivity contribution in [2.45, 2.75) is 14.5 Å². The fraction of sp³-hybridized carbons (Fsp3) is 0.143.